The minimum atomic E-state index is -3.75. The molecule has 132 valence electrons. The lowest BCUT2D eigenvalue weighted by Crippen LogP contribution is -2.30. The molecule has 1 aliphatic heterocycles. The zero-order valence-electron chi connectivity index (χ0n) is 13.3. The quantitative estimate of drug-likeness (QED) is 0.587. The summed E-state index contributed by atoms with van der Waals surface area (Å²) in [6.45, 7) is 4.76. The third-order valence-electron chi connectivity index (χ3n) is 3.81. The van der Waals surface area contributed by atoms with Crippen molar-refractivity contribution in [3.63, 3.8) is 0 Å². The highest BCUT2D eigenvalue weighted by molar-refractivity contribution is 7.99. The van der Waals surface area contributed by atoms with E-state index in [1.807, 2.05) is 0 Å². The summed E-state index contributed by atoms with van der Waals surface area (Å²) in [6, 6.07) is 4.59. The number of allylic oxidation sites excluding steroid dienone is 1. The summed E-state index contributed by atoms with van der Waals surface area (Å²) in [6.07, 6.45) is 3.92. The molecule has 0 radical (unpaired) electrons. The van der Waals surface area contributed by atoms with E-state index in [4.69, 9.17) is 5.14 Å². The number of hydrogen-bond donors (Lipinski definition) is 1. The summed E-state index contributed by atoms with van der Waals surface area (Å²) in [4.78, 5) is 14.3. The summed E-state index contributed by atoms with van der Waals surface area (Å²) in [5, 5.41) is 13.6. The van der Waals surface area contributed by atoms with E-state index in [0.29, 0.717) is 24.7 Å². The van der Waals surface area contributed by atoms with Gasteiger partial charge in [-0.1, -0.05) is 17.8 Å². The van der Waals surface area contributed by atoms with Gasteiger partial charge in [0.05, 0.1) is 10.6 Å². The number of nitrogens with two attached hydrogens (primary N) is 1. The van der Waals surface area contributed by atoms with Crippen LogP contribution in [0.25, 0.3) is 0 Å². The first-order valence-corrected chi connectivity index (χ1v) is 10.0. The summed E-state index contributed by atoms with van der Waals surface area (Å²) in [7, 11) is -3.75. The van der Waals surface area contributed by atoms with Gasteiger partial charge in [0.15, 0.2) is 5.16 Å². The van der Waals surface area contributed by atoms with Crippen molar-refractivity contribution in [2.24, 2.45) is 5.14 Å². The Bertz CT molecular complexity index is 923. The van der Waals surface area contributed by atoms with Crippen LogP contribution >= 0.6 is 11.8 Å². The number of benzene rings is 1. The van der Waals surface area contributed by atoms with Crippen LogP contribution < -0.4 is 10.0 Å². The maximum atomic E-state index is 12.5. The van der Waals surface area contributed by atoms with E-state index >= 15 is 0 Å². The van der Waals surface area contributed by atoms with E-state index in [1.54, 1.807) is 27.9 Å². The van der Waals surface area contributed by atoms with Crippen molar-refractivity contribution in [1.29, 1.82) is 0 Å². The van der Waals surface area contributed by atoms with Crippen LogP contribution in [0.5, 0.6) is 0 Å². The maximum Gasteiger partial charge on any atom is 0.238 e. The van der Waals surface area contributed by atoms with Gasteiger partial charge in [-0.3, -0.25) is 4.79 Å². The number of carbonyl (C=O) groups excluding carboxylic acids is 1. The predicted octanol–water partition coefficient (Wildman–Crippen LogP) is 0.793. The molecule has 2 N–H and O–H groups in total. The Labute approximate surface area is 149 Å². The van der Waals surface area contributed by atoms with Crippen molar-refractivity contribution in [3.8, 4) is 0 Å². The van der Waals surface area contributed by atoms with E-state index < -0.39 is 10.0 Å². The molecule has 0 saturated carbocycles. The molecule has 10 heteroatoms. The largest absolute Gasteiger partial charge is 0.311 e. The molecule has 3 rings (SSSR count). The fourth-order valence-corrected chi connectivity index (χ4v) is 4.00. The van der Waals surface area contributed by atoms with Crippen molar-refractivity contribution in [3.05, 3.63) is 42.7 Å². The molecule has 2 aromatic rings. The molecule has 0 unspecified atom stereocenters. The summed E-state index contributed by atoms with van der Waals surface area (Å²) in [5.74, 6) is 0.145. The molecule has 0 atom stereocenters. The molecule has 1 aromatic heterocycles. The Morgan fingerprint density at radius 1 is 1.44 bits per heavy atom. The number of nitrogens with zero attached hydrogens (tertiary/aromatic N) is 4. The molecule has 0 fully saturated rings. The van der Waals surface area contributed by atoms with Gasteiger partial charge in [-0.2, -0.15) is 0 Å². The van der Waals surface area contributed by atoms with Crippen LogP contribution in [0.1, 0.15) is 5.56 Å². The summed E-state index contributed by atoms with van der Waals surface area (Å²) in [5.41, 5.74) is 1.53. The van der Waals surface area contributed by atoms with Crippen molar-refractivity contribution in [1.82, 2.24) is 14.8 Å². The summed E-state index contributed by atoms with van der Waals surface area (Å²) < 4.78 is 24.7. The normalized spacial score (nSPS) is 13.7. The van der Waals surface area contributed by atoms with Gasteiger partial charge in [0.25, 0.3) is 0 Å². The van der Waals surface area contributed by atoms with Crippen LogP contribution in [0.3, 0.4) is 0 Å². The average molecular weight is 379 g/mol. The van der Waals surface area contributed by atoms with Crippen LogP contribution in [0, 0.1) is 0 Å². The minimum Gasteiger partial charge on any atom is -0.311 e. The molecule has 0 aliphatic carbocycles. The number of anilines is 1. The fraction of sp³-hybridized carbons (Fsp3) is 0.267. The number of amides is 1. The number of aromatic nitrogens is 3. The number of primary sulfonamides is 1. The number of hydrogen-bond acceptors (Lipinski definition) is 6. The summed E-state index contributed by atoms with van der Waals surface area (Å²) >= 11 is 1.31. The van der Waals surface area contributed by atoms with E-state index in [2.05, 4.69) is 16.8 Å². The lowest BCUT2D eigenvalue weighted by Gasteiger charge is -2.17. The second-order valence-corrected chi connectivity index (χ2v) is 7.98. The smallest absolute Gasteiger partial charge is 0.238 e. The van der Waals surface area contributed by atoms with Gasteiger partial charge in [0.1, 0.15) is 6.33 Å². The molecule has 25 heavy (non-hydrogen) atoms. The lowest BCUT2D eigenvalue weighted by atomic mass is 10.2. The number of fused-ring (bicyclic) bond motifs is 1. The lowest BCUT2D eigenvalue weighted by molar-refractivity contribution is -0.116. The molecule has 1 amide bonds. The molecule has 0 bridgehead atoms. The van der Waals surface area contributed by atoms with E-state index in [1.165, 1.54) is 23.9 Å². The van der Waals surface area contributed by atoms with Gasteiger partial charge in [0.2, 0.25) is 15.9 Å². The Balaban J connectivity index is 1.71. The van der Waals surface area contributed by atoms with Crippen LogP contribution in [0.2, 0.25) is 0 Å². The predicted molar refractivity (Wildman–Crippen MR) is 94.8 cm³/mol. The molecule has 0 spiro atoms. The van der Waals surface area contributed by atoms with Gasteiger partial charge >= 0.3 is 0 Å². The topological polar surface area (TPSA) is 111 Å². The van der Waals surface area contributed by atoms with Crippen molar-refractivity contribution >= 4 is 33.4 Å². The standard InChI is InChI=1S/C15H17N5O3S2/c1-2-6-19-10-17-18-15(19)24-9-14(21)20-7-5-11-8-12(25(16,22)23)3-4-13(11)20/h2-4,8,10H,1,5-7,9H2,(H2,16,22,23). The highest BCUT2D eigenvalue weighted by atomic mass is 32.2. The Morgan fingerprint density at radius 2 is 2.24 bits per heavy atom. The van der Waals surface area contributed by atoms with Gasteiger partial charge in [-0.05, 0) is 30.2 Å². The van der Waals surface area contributed by atoms with E-state index in [0.717, 1.165) is 11.3 Å². The highest BCUT2D eigenvalue weighted by Gasteiger charge is 2.26. The second kappa shape index (κ2) is 6.98. The third kappa shape index (κ3) is 3.75. The van der Waals surface area contributed by atoms with Gasteiger partial charge < -0.3 is 9.47 Å². The number of carbonyl (C=O) groups is 1. The third-order valence-corrected chi connectivity index (χ3v) is 5.68. The second-order valence-electron chi connectivity index (χ2n) is 5.47. The fourth-order valence-electron chi connectivity index (χ4n) is 2.64. The monoisotopic (exact) mass is 379 g/mol. The molecule has 1 aliphatic rings. The Kier molecular flexibility index (Phi) is 4.93. The van der Waals surface area contributed by atoms with Gasteiger partial charge in [0, 0.05) is 18.8 Å². The van der Waals surface area contributed by atoms with Gasteiger partial charge in [-0.25, -0.2) is 13.6 Å². The number of rotatable bonds is 6. The maximum absolute atomic E-state index is 12.5. The molecule has 1 aromatic carbocycles. The first-order chi connectivity index (χ1) is 11.9. The van der Waals surface area contributed by atoms with Crippen LogP contribution in [-0.2, 0) is 27.8 Å². The Morgan fingerprint density at radius 3 is 2.96 bits per heavy atom. The number of sulfonamides is 1. The van der Waals surface area contributed by atoms with Crippen LogP contribution in [-0.4, -0.2) is 41.4 Å². The van der Waals surface area contributed by atoms with Crippen molar-refractivity contribution in [2.45, 2.75) is 23.0 Å². The van der Waals surface area contributed by atoms with E-state index in [-0.39, 0.29) is 16.6 Å². The molecular weight excluding hydrogens is 362 g/mol. The van der Waals surface area contributed by atoms with Gasteiger partial charge in [-0.15, -0.1) is 16.8 Å². The van der Waals surface area contributed by atoms with E-state index in [9.17, 15) is 13.2 Å². The zero-order valence-corrected chi connectivity index (χ0v) is 15.0. The molecule has 2 heterocycles. The number of thioether (sulfide) groups is 1. The minimum absolute atomic E-state index is 0.0625. The molecule has 0 saturated heterocycles. The average Bonchev–Trinajstić information content (AvgIpc) is 3.18. The van der Waals surface area contributed by atoms with Crippen molar-refractivity contribution in [2.75, 3.05) is 17.2 Å². The van der Waals surface area contributed by atoms with Crippen LogP contribution in [0.4, 0.5) is 5.69 Å². The molecular formula is C15H17N5O3S2. The zero-order chi connectivity index (χ0) is 18.0. The Hall–Kier alpha value is -2.17. The molecule has 8 nitrogen and oxygen atoms in total. The first kappa shape index (κ1) is 17.6. The van der Waals surface area contributed by atoms with Crippen LogP contribution in [0.15, 0.2) is 47.2 Å². The van der Waals surface area contributed by atoms with Crippen molar-refractivity contribution < 1.29 is 13.2 Å². The highest BCUT2D eigenvalue weighted by Crippen LogP contribution is 2.30. The SMILES string of the molecule is C=CCn1cnnc1SCC(=O)N1CCc2cc(S(N)(=O)=O)ccc21. The first-order valence-electron chi connectivity index (χ1n) is 7.48.